The van der Waals surface area contributed by atoms with E-state index in [-0.39, 0.29) is 6.04 Å². The molecule has 1 aliphatic rings. The second-order valence-electron chi connectivity index (χ2n) is 6.88. The molecule has 0 spiro atoms. The fourth-order valence-corrected chi connectivity index (χ4v) is 4.34. The van der Waals surface area contributed by atoms with Crippen LogP contribution in [0.1, 0.15) is 28.7 Å². The number of benzene rings is 1. The van der Waals surface area contributed by atoms with Gasteiger partial charge in [0.2, 0.25) is 0 Å². The van der Waals surface area contributed by atoms with Crippen molar-refractivity contribution in [3.05, 3.63) is 76.7 Å². The Balaban J connectivity index is 1.59. The molecule has 6 nitrogen and oxygen atoms in total. The maximum absolute atomic E-state index is 6.51. The Hall–Kier alpha value is -2.70. The molecule has 4 aromatic rings. The van der Waals surface area contributed by atoms with Gasteiger partial charge in [0.25, 0.3) is 0 Å². The number of rotatable bonds is 3. The smallest absolute Gasteiger partial charge is 0.0926 e. The first kappa shape index (κ1) is 16.5. The van der Waals surface area contributed by atoms with Crippen molar-refractivity contribution >= 4 is 22.5 Å². The average molecular weight is 379 g/mol. The number of hydrogen-bond acceptors (Lipinski definition) is 4. The Morgan fingerprint density at radius 1 is 1.26 bits per heavy atom. The quantitative estimate of drug-likeness (QED) is 0.592. The predicted molar refractivity (Wildman–Crippen MR) is 105 cm³/mol. The molecule has 0 bridgehead atoms. The summed E-state index contributed by atoms with van der Waals surface area (Å²) in [5, 5.41) is 6.53. The van der Waals surface area contributed by atoms with E-state index in [0.717, 1.165) is 45.8 Å². The van der Waals surface area contributed by atoms with Crippen molar-refractivity contribution in [2.24, 2.45) is 7.05 Å². The molecule has 3 aromatic heterocycles. The van der Waals surface area contributed by atoms with Crippen LogP contribution in [0.4, 0.5) is 0 Å². The van der Waals surface area contributed by atoms with Crippen LogP contribution in [0, 0.1) is 0 Å². The third kappa shape index (κ3) is 2.72. The summed E-state index contributed by atoms with van der Waals surface area (Å²) in [5.41, 5.74) is 5.44. The monoisotopic (exact) mass is 378 g/mol. The Labute approximate surface area is 161 Å². The molecule has 1 N–H and O–H groups in total. The first-order valence-electron chi connectivity index (χ1n) is 8.98. The molecule has 1 aromatic carbocycles. The fourth-order valence-electron chi connectivity index (χ4n) is 4.06. The first-order chi connectivity index (χ1) is 13.2. The number of halogens is 1. The van der Waals surface area contributed by atoms with E-state index >= 15 is 0 Å². The largest absolute Gasteiger partial charge is 0.348 e. The molecule has 136 valence electrons. The SMILES string of the molecule is Cn1nc(CN2CCc3[nH]cnc3C2c2cccnc2)c2c(Cl)cccc21. The van der Waals surface area contributed by atoms with Gasteiger partial charge in [-0.2, -0.15) is 5.10 Å². The van der Waals surface area contributed by atoms with Crippen LogP contribution in [-0.2, 0) is 20.0 Å². The maximum atomic E-state index is 6.51. The zero-order chi connectivity index (χ0) is 18.4. The van der Waals surface area contributed by atoms with Gasteiger partial charge in [0, 0.05) is 50.0 Å². The Morgan fingerprint density at radius 2 is 2.19 bits per heavy atom. The number of hydrogen-bond donors (Lipinski definition) is 1. The van der Waals surface area contributed by atoms with Crippen LogP contribution in [0.3, 0.4) is 0 Å². The molecule has 0 saturated heterocycles. The molecule has 0 saturated carbocycles. The minimum Gasteiger partial charge on any atom is -0.348 e. The van der Waals surface area contributed by atoms with E-state index < -0.39 is 0 Å². The Bertz CT molecular complexity index is 1100. The highest BCUT2D eigenvalue weighted by molar-refractivity contribution is 6.35. The first-order valence-corrected chi connectivity index (χ1v) is 9.36. The summed E-state index contributed by atoms with van der Waals surface area (Å²) >= 11 is 6.51. The molecular weight excluding hydrogens is 360 g/mol. The lowest BCUT2D eigenvalue weighted by Gasteiger charge is -2.34. The summed E-state index contributed by atoms with van der Waals surface area (Å²) in [4.78, 5) is 14.6. The average Bonchev–Trinajstić information content (AvgIpc) is 3.28. The van der Waals surface area contributed by atoms with Crippen LogP contribution in [0.2, 0.25) is 5.02 Å². The van der Waals surface area contributed by atoms with E-state index in [1.807, 2.05) is 36.1 Å². The van der Waals surface area contributed by atoms with Gasteiger partial charge in [-0.15, -0.1) is 0 Å². The number of nitrogens with zero attached hydrogens (tertiary/aromatic N) is 5. The lowest BCUT2D eigenvalue weighted by atomic mass is 9.96. The molecule has 7 heteroatoms. The molecule has 0 radical (unpaired) electrons. The normalized spacial score (nSPS) is 17.3. The lowest BCUT2D eigenvalue weighted by molar-refractivity contribution is 0.198. The number of pyridine rings is 1. The standard InChI is InChI=1S/C20H19ClN6/c1-26-17-6-2-5-14(21)18(17)16(25-26)11-27-9-7-15-19(24-12-23-15)20(27)13-4-3-8-22-10-13/h2-6,8,10,12,20H,7,9,11H2,1H3,(H,23,24). The molecule has 0 fully saturated rings. The van der Waals surface area contributed by atoms with Crippen molar-refractivity contribution in [3.8, 4) is 0 Å². The lowest BCUT2D eigenvalue weighted by Crippen LogP contribution is -2.36. The van der Waals surface area contributed by atoms with E-state index in [1.165, 1.54) is 5.69 Å². The molecule has 4 heterocycles. The molecule has 5 rings (SSSR count). The summed E-state index contributed by atoms with van der Waals surface area (Å²) < 4.78 is 1.90. The Kier molecular flexibility index (Phi) is 3.95. The van der Waals surface area contributed by atoms with Crippen LogP contribution < -0.4 is 0 Å². The van der Waals surface area contributed by atoms with Gasteiger partial charge in [0.1, 0.15) is 0 Å². The van der Waals surface area contributed by atoms with Gasteiger partial charge in [-0.3, -0.25) is 14.6 Å². The predicted octanol–water partition coefficient (Wildman–Crippen LogP) is 3.49. The molecule has 1 unspecified atom stereocenters. The van der Waals surface area contributed by atoms with Crippen LogP contribution >= 0.6 is 11.6 Å². The summed E-state index contributed by atoms with van der Waals surface area (Å²) in [6.45, 7) is 1.62. The number of fused-ring (bicyclic) bond motifs is 2. The van der Waals surface area contributed by atoms with Gasteiger partial charge in [0.15, 0.2) is 0 Å². The van der Waals surface area contributed by atoms with E-state index in [0.29, 0.717) is 6.54 Å². The Morgan fingerprint density at radius 3 is 3.04 bits per heavy atom. The van der Waals surface area contributed by atoms with Crippen molar-refractivity contribution in [1.29, 1.82) is 0 Å². The number of aromatic amines is 1. The molecule has 0 amide bonds. The molecule has 1 atom stereocenters. The van der Waals surface area contributed by atoms with Crippen molar-refractivity contribution in [1.82, 2.24) is 29.6 Å². The van der Waals surface area contributed by atoms with E-state index in [9.17, 15) is 0 Å². The summed E-state index contributed by atoms with van der Waals surface area (Å²) in [6.07, 6.45) is 6.44. The third-order valence-electron chi connectivity index (χ3n) is 5.28. The number of aromatic nitrogens is 5. The highest BCUT2D eigenvalue weighted by atomic mass is 35.5. The fraction of sp³-hybridized carbons (Fsp3) is 0.250. The van der Waals surface area contributed by atoms with Crippen molar-refractivity contribution in [2.75, 3.05) is 6.54 Å². The second kappa shape index (κ2) is 6.48. The van der Waals surface area contributed by atoms with Gasteiger partial charge < -0.3 is 4.98 Å². The van der Waals surface area contributed by atoms with Crippen LogP contribution in [-0.4, -0.2) is 36.2 Å². The van der Waals surface area contributed by atoms with Crippen LogP contribution in [0.15, 0.2) is 49.1 Å². The molecule has 27 heavy (non-hydrogen) atoms. The molecular formula is C20H19ClN6. The summed E-state index contributed by atoms with van der Waals surface area (Å²) in [7, 11) is 1.96. The van der Waals surface area contributed by atoms with Gasteiger partial charge >= 0.3 is 0 Å². The highest BCUT2D eigenvalue weighted by Crippen LogP contribution is 2.35. The molecule has 1 aliphatic heterocycles. The van der Waals surface area contributed by atoms with E-state index in [1.54, 1.807) is 12.5 Å². The maximum Gasteiger partial charge on any atom is 0.0926 e. The van der Waals surface area contributed by atoms with E-state index in [2.05, 4.69) is 32.0 Å². The van der Waals surface area contributed by atoms with Crippen molar-refractivity contribution in [2.45, 2.75) is 19.0 Å². The topological polar surface area (TPSA) is 62.6 Å². The highest BCUT2D eigenvalue weighted by Gasteiger charge is 2.32. The number of H-pyrrole nitrogens is 1. The van der Waals surface area contributed by atoms with E-state index in [4.69, 9.17) is 16.7 Å². The minimum absolute atomic E-state index is 0.0493. The third-order valence-corrected chi connectivity index (χ3v) is 5.59. The van der Waals surface area contributed by atoms with Gasteiger partial charge in [0.05, 0.1) is 34.3 Å². The molecule has 0 aliphatic carbocycles. The van der Waals surface area contributed by atoms with Gasteiger partial charge in [-0.1, -0.05) is 23.7 Å². The summed E-state index contributed by atoms with van der Waals surface area (Å²) in [6, 6.07) is 10.1. The number of aryl methyl sites for hydroxylation is 1. The van der Waals surface area contributed by atoms with Crippen molar-refractivity contribution in [3.63, 3.8) is 0 Å². The minimum atomic E-state index is 0.0493. The number of nitrogens with one attached hydrogen (secondary N) is 1. The van der Waals surface area contributed by atoms with Crippen molar-refractivity contribution < 1.29 is 0 Å². The van der Waals surface area contributed by atoms with Gasteiger partial charge in [-0.05, 0) is 23.8 Å². The number of imidazole rings is 1. The van der Waals surface area contributed by atoms with Gasteiger partial charge in [-0.25, -0.2) is 4.98 Å². The van der Waals surface area contributed by atoms with Crippen LogP contribution in [0.5, 0.6) is 0 Å². The zero-order valence-corrected chi connectivity index (χ0v) is 15.7. The summed E-state index contributed by atoms with van der Waals surface area (Å²) in [5.74, 6) is 0. The zero-order valence-electron chi connectivity index (χ0n) is 14.9. The second-order valence-corrected chi connectivity index (χ2v) is 7.29. The van der Waals surface area contributed by atoms with Crippen LogP contribution in [0.25, 0.3) is 10.9 Å².